The van der Waals surface area contributed by atoms with Crippen molar-refractivity contribution in [2.75, 3.05) is 31.7 Å². The summed E-state index contributed by atoms with van der Waals surface area (Å²) in [6.45, 7) is 1.47. The molecule has 1 amide bonds. The van der Waals surface area contributed by atoms with Crippen molar-refractivity contribution in [3.63, 3.8) is 0 Å². The summed E-state index contributed by atoms with van der Waals surface area (Å²) < 4.78 is 4.97. The zero-order valence-corrected chi connectivity index (χ0v) is 9.09. The predicted molar refractivity (Wildman–Crippen MR) is 58.1 cm³/mol. The second-order valence-electron chi connectivity index (χ2n) is 3.71. The van der Waals surface area contributed by atoms with Crippen molar-refractivity contribution < 1.29 is 9.53 Å². The number of carbonyl (C=O) groups excluding carboxylic acids is 1. The van der Waals surface area contributed by atoms with Gasteiger partial charge in [-0.1, -0.05) is 0 Å². The zero-order valence-electron chi connectivity index (χ0n) is 9.09. The summed E-state index contributed by atoms with van der Waals surface area (Å²) in [6.07, 6.45) is 3.30. The molecule has 0 bridgehead atoms. The first-order chi connectivity index (χ1) is 7.75. The van der Waals surface area contributed by atoms with Gasteiger partial charge < -0.3 is 15.0 Å². The fourth-order valence-corrected chi connectivity index (χ4v) is 1.37. The summed E-state index contributed by atoms with van der Waals surface area (Å²) in [6, 6.07) is 1.90. The van der Waals surface area contributed by atoms with Crippen LogP contribution in [0.15, 0.2) is 18.5 Å². The van der Waals surface area contributed by atoms with Crippen LogP contribution in [0, 0.1) is 0 Å². The maximum atomic E-state index is 11.6. The molecule has 16 heavy (non-hydrogen) atoms. The molecule has 0 unspecified atom stereocenters. The molecule has 2 rings (SSSR count). The molecule has 0 aliphatic carbocycles. The molecule has 1 aromatic rings. The molecular weight excluding hydrogens is 208 g/mol. The van der Waals surface area contributed by atoms with Crippen molar-refractivity contribution in [2.24, 2.45) is 0 Å². The zero-order chi connectivity index (χ0) is 11.4. The third kappa shape index (κ3) is 2.66. The molecule has 1 saturated heterocycles. The van der Waals surface area contributed by atoms with Crippen LogP contribution in [0.4, 0.5) is 5.95 Å². The average molecular weight is 222 g/mol. The highest BCUT2D eigenvalue weighted by Gasteiger charge is 2.21. The fraction of sp³-hybridized carbons (Fsp3) is 0.500. The van der Waals surface area contributed by atoms with Gasteiger partial charge in [0.05, 0.1) is 25.8 Å². The number of nitrogens with zero attached hydrogens (tertiary/aromatic N) is 3. The maximum Gasteiger partial charge on any atom is 0.239 e. The molecule has 86 valence electrons. The minimum Gasteiger partial charge on any atom is -0.377 e. The van der Waals surface area contributed by atoms with Gasteiger partial charge in [0.2, 0.25) is 11.9 Å². The van der Waals surface area contributed by atoms with Crippen molar-refractivity contribution in [2.45, 2.75) is 6.04 Å². The van der Waals surface area contributed by atoms with Gasteiger partial charge in [0, 0.05) is 19.4 Å². The minimum atomic E-state index is -0.0387. The highest BCUT2D eigenvalue weighted by Crippen LogP contribution is 2.02. The highest BCUT2D eigenvalue weighted by atomic mass is 16.5. The Kier molecular flexibility index (Phi) is 3.31. The van der Waals surface area contributed by atoms with E-state index in [2.05, 4.69) is 15.3 Å². The van der Waals surface area contributed by atoms with Gasteiger partial charge in [-0.2, -0.15) is 0 Å². The molecule has 1 aliphatic rings. The van der Waals surface area contributed by atoms with E-state index in [1.54, 1.807) is 30.4 Å². The van der Waals surface area contributed by atoms with Crippen LogP contribution in [0.3, 0.4) is 0 Å². The van der Waals surface area contributed by atoms with Crippen molar-refractivity contribution in [3.8, 4) is 0 Å². The first kappa shape index (κ1) is 10.8. The van der Waals surface area contributed by atoms with Crippen LogP contribution >= 0.6 is 0 Å². The Morgan fingerprint density at radius 1 is 1.56 bits per heavy atom. The summed E-state index contributed by atoms with van der Waals surface area (Å²) in [5.74, 6) is 0.505. The van der Waals surface area contributed by atoms with Crippen molar-refractivity contribution >= 4 is 11.9 Å². The van der Waals surface area contributed by atoms with Crippen molar-refractivity contribution in [1.82, 2.24) is 15.3 Å². The Labute approximate surface area is 93.6 Å². The van der Waals surface area contributed by atoms with E-state index < -0.39 is 0 Å². The van der Waals surface area contributed by atoms with Crippen LogP contribution in [0.5, 0.6) is 0 Å². The van der Waals surface area contributed by atoms with E-state index in [0.29, 0.717) is 19.2 Å². The molecular formula is C10H14N4O2. The monoisotopic (exact) mass is 222 g/mol. The average Bonchev–Trinajstić information content (AvgIpc) is 2.25. The number of carbonyl (C=O) groups is 1. The SMILES string of the molecule is CN(CC(=O)NC1COC1)c1ncccn1. The van der Waals surface area contributed by atoms with Gasteiger partial charge in [0.15, 0.2) is 0 Å². The Bertz CT molecular complexity index is 353. The normalized spacial score (nSPS) is 15.3. The Balaban J connectivity index is 1.82. The van der Waals surface area contributed by atoms with E-state index in [1.807, 2.05) is 0 Å². The predicted octanol–water partition coefficient (Wildman–Crippen LogP) is -0.572. The quantitative estimate of drug-likeness (QED) is 0.738. The molecule has 0 saturated carbocycles. The summed E-state index contributed by atoms with van der Waals surface area (Å²) in [4.78, 5) is 21.4. The smallest absolute Gasteiger partial charge is 0.239 e. The Hall–Kier alpha value is -1.69. The molecule has 1 aliphatic heterocycles. The molecule has 6 heteroatoms. The number of nitrogens with one attached hydrogen (secondary N) is 1. The topological polar surface area (TPSA) is 67.4 Å². The van der Waals surface area contributed by atoms with Crippen molar-refractivity contribution in [3.05, 3.63) is 18.5 Å². The van der Waals surface area contributed by atoms with Gasteiger partial charge in [-0.25, -0.2) is 9.97 Å². The van der Waals surface area contributed by atoms with E-state index in [1.165, 1.54) is 0 Å². The minimum absolute atomic E-state index is 0.0387. The first-order valence-electron chi connectivity index (χ1n) is 5.11. The lowest BCUT2D eigenvalue weighted by Crippen LogP contribution is -2.51. The molecule has 6 nitrogen and oxygen atoms in total. The number of aromatic nitrogens is 2. The third-order valence-electron chi connectivity index (χ3n) is 2.28. The second-order valence-corrected chi connectivity index (χ2v) is 3.71. The van der Waals surface area contributed by atoms with Gasteiger partial charge in [0.25, 0.3) is 0 Å². The number of likely N-dealkylation sites (N-methyl/N-ethyl adjacent to an activating group) is 1. The number of hydrogen-bond acceptors (Lipinski definition) is 5. The van der Waals surface area contributed by atoms with Gasteiger partial charge in [0.1, 0.15) is 0 Å². The summed E-state index contributed by atoms with van der Waals surface area (Å²) in [5.41, 5.74) is 0. The summed E-state index contributed by atoms with van der Waals surface area (Å²) >= 11 is 0. The van der Waals surface area contributed by atoms with E-state index in [-0.39, 0.29) is 18.5 Å². The van der Waals surface area contributed by atoms with Crippen LogP contribution in [0.2, 0.25) is 0 Å². The largest absolute Gasteiger partial charge is 0.377 e. The van der Waals surface area contributed by atoms with Crippen LogP contribution in [-0.2, 0) is 9.53 Å². The molecule has 0 atom stereocenters. The summed E-state index contributed by atoms with van der Waals surface area (Å²) in [7, 11) is 1.78. The number of anilines is 1. The summed E-state index contributed by atoms with van der Waals surface area (Å²) in [5, 5.41) is 2.86. The first-order valence-corrected chi connectivity index (χ1v) is 5.11. The lowest BCUT2D eigenvalue weighted by atomic mass is 10.2. The Morgan fingerprint density at radius 2 is 2.25 bits per heavy atom. The molecule has 1 aromatic heterocycles. The molecule has 1 N–H and O–H groups in total. The lowest BCUT2D eigenvalue weighted by molar-refractivity contribution is -0.123. The van der Waals surface area contributed by atoms with E-state index >= 15 is 0 Å². The van der Waals surface area contributed by atoms with Gasteiger partial charge in [-0.3, -0.25) is 4.79 Å². The standard InChI is InChI=1S/C10H14N4O2/c1-14(10-11-3-2-4-12-10)5-9(15)13-8-6-16-7-8/h2-4,8H,5-7H2,1H3,(H,13,15). The fourth-order valence-electron chi connectivity index (χ4n) is 1.37. The van der Waals surface area contributed by atoms with Crippen LogP contribution in [0.1, 0.15) is 0 Å². The van der Waals surface area contributed by atoms with Gasteiger partial charge in [-0.05, 0) is 6.07 Å². The number of hydrogen-bond donors (Lipinski definition) is 1. The maximum absolute atomic E-state index is 11.6. The highest BCUT2D eigenvalue weighted by molar-refractivity contribution is 5.81. The number of rotatable bonds is 4. The van der Waals surface area contributed by atoms with Crippen LogP contribution < -0.4 is 10.2 Å². The Morgan fingerprint density at radius 3 is 2.81 bits per heavy atom. The van der Waals surface area contributed by atoms with E-state index in [0.717, 1.165) is 0 Å². The molecule has 0 aromatic carbocycles. The van der Waals surface area contributed by atoms with E-state index in [9.17, 15) is 4.79 Å². The van der Waals surface area contributed by atoms with Crippen molar-refractivity contribution in [1.29, 1.82) is 0 Å². The van der Waals surface area contributed by atoms with Gasteiger partial charge >= 0.3 is 0 Å². The number of amides is 1. The van der Waals surface area contributed by atoms with E-state index in [4.69, 9.17) is 4.74 Å². The van der Waals surface area contributed by atoms with Crippen LogP contribution in [0.25, 0.3) is 0 Å². The third-order valence-corrected chi connectivity index (χ3v) is 2.28. The molecule has 0 radical (unpaired) electrons. The molecule has 0 spiro atoms. The van der Waals surface area contributed by atoms with Crippen LogP contribution in [-0.4, -0.2) is 48.7 Å². The molecule has 2 heterocycles. The second kappa shape index (κ2) is 4.89. The molecule has 1 fully saturated rings. The van der Waals surface area contributed by atoms with Gasteiger partial charge in [-0.15, -0.1) is 0 Å². The number of ether oxygens (including phenoxy) is 1. The lowest BCUT2D eigenvalue weighted by Gasteiger charge is -2.27.